The quantitative estimate of drug-likeness (QED) is 0.695. The van der Waals surface area contributed by atoms with Crippen LogP contribution in [0.15, 0.2) is 24.3 Å². The molecule has 0 fully saturated rings. The molecular formula is C11H14N2O3. The molecule has 0 spiro atoms. The van der Waals surface area contributed by atoms with E-state index in [9.17, 15) is 9.59 Å². The molecule has 0 saturated carbocycles. The van der Waals surface area contributed by atoms with Crippen molar-refractivity contribution < 1.29 is 14.7 Å². The minimum Gasteiger partial charge on any atom is -0.481 e. The van der Waals surface area contributed by atoms with Gasteiger partial charge in [0.25, 0.3) is 0 Å². The van der Waals surface area contributed by atoms with Crippen molar-refractivity contribution >= 4 is 17.6 Å². The van der Waals surface area contributed by atoms with Gasteiger partial charge in [-0.3, -0.25) is 9.59 Å². The summed E-state index contributed by atoms with van der Waals surface area (Å²) in [5, 5.41) is 11.2. The Labute approximate surface area is 93.3 Å². The summed E-state index contributed by atoms with van der Waals surface area (Å²) in [7, 11) is 0. The van der Waals surface area contributed by atoms with Gasteiger partial charge in [-0.15, -0.1) is 0 Å². The summed E-state index contributed by atoms with van der Waals surface area (Å²) in [6, 6.07) is 6.05. The van der Waals surface area contributed by atoms with Crippen LogP contribution in [0.5, 0.6) is 0 Å². The van der Waals surface area contributed by atoms with Crippen LogP contribution in [0.3, 0.4) is 0 Å². The monoisotopic (exact) mass is 222 g/mol. The minimum atomic E-state index is -0.882. The second kappa shape index (κ2) is 5.27. The average molecular weight is 222 g/mol. The van der Waals surface area contributed by atoms with Crippen molar-refractivity contribution in [1.82, 2.24) is 0 Å². The van der Waals surface area contributed by atoms with E-state index < -0.39 is 12.0 Å². The number of rotatable bonds is 4. The van der Waals surface area contributed by atoms with Crippen molar-refractivity contribution in [3.63, 3.8) is 0 Å². The number of aliphatic carboxylic acids is 1. The first-order chi connectivity index (χ1) is 7.49. The molecule has 1 atom stereocenters. The molecule has 1 aromatic carbocycles. The highest BCUT2D eigenvalue weighted by Gasteiger charge is 2.07. The smallest absolute Gasteiger partial charge is 0.307 e. The predicted octanol–water partition coefficient (Wildman–Crippen LogP) is 0.599. The van der Waals surface area contributed by atoms with Crippen LogP contribution in [-0.2, 0) is 16.0 Å². The molecule has 1 aromatic rings. The van der Waals surface area contributed by atoms with E-state index in [1.54, 1.807) is 31.2 Å². The van der Waals surface area contributed by atoms with Gasteiger partial charge in [-0.05, 0) is 24.6 Å². The van der Waals surface area contributed by atoms with Gasteiger partial charge >= 0.3 is 5.97 Å². The molecule has 0 aromatic heterocycles. The highest BCUT2D eigenvalue weighted by Crippen LogP contribution is 2.10. The van der Waals surface area contributed by atoms with Gasteiger partial charge in [-0.1, -0.05) is 12.1 Å². The lowest BCUT2D eigenvalue weighted by molar-refractivity contribution is -0.136. The molecule has 86 valence electrons. The van der Waals surface area contributed by atoms with Gasteiger partial charge in [0.05, 0.1) is 12.5 Å². The molecule has 16 heavy (non-hydrogen) atoms. The van der Waals surface area contributed by atoms with Gasteiger partial charge in [0.2, 0.25) is 5.91 Å². The van der Waals surface area contributed by atoms with E-state index >= 15 is 0 Å². The first-order valence-electron chi connectivity index (χ1n) is 4.86. The van der Waals surface area contributed by atoms with Gasteiger partial charge in [-0.25, -0.2) is 0 Å². The number of hydrogen-bond acceptors (Lipinski definition) is 3. The highest BCUT2D eigenvalue weighted by atomic mass is 16.4. The fourth-order valence-electron chi connectivity index (χ4n) is 1.14. The summed E-state index contributed by atoms with van der Waals surface area (Å²) in [4.78, 5) is 21.7. The van der Waals surface area contributed by atoms with Gasteiger partial charge < -0.3 is 16.2 Å². The van der Waals surface area contributed by atoms with Crippen molar-refractivity contribution in [1.29, 1.82) is 0 Å². The summed E-state index contributed by atoms with van der Waals surface area (Å²) in [6.07, 6.45) is -0.0263. The topological polar surface area (TPSA) is 92.4 Å². The minimum absolute atomic E-state index is 0.0263. The van der Waals surface area contributed by atoms with Crippen LogP contribution in [-0.4, -0.2) is 23.0 Å². The summed E-state index contributed by atoms with van der Waals surface area (Å²) < 4.78 is 0. The summed E-state index contributed by atoms with van der Waals surface area (Å²) in [5.41, 5.74) is 6.68. The van der Waals surface area contributed by atoms with Crippen molar-refractivity contribution in [3.8, 4) is 0 Å². The molecule has 0 aliphatic rings. The molecule has 1 rings (SSSR count). The molecule has 0 unspecified atom stereocenters. The molecular weight excluding hydrogens is 208 g/mol. The molecule has 1 amide bonds. The van der Waals surface area contributed by atoms with Crippen LogP contribution < -0.4 is 11.1 Å². The number of nitrogens with one attached hydrogen (secondary N) is 1. The number of hydrogen-bond donors (Lipinski definition) is 3. The Balaban J connectivity index is 2.64. The highest BCUT2D eigenvalue weighted by molar-refractivity contribution is 5.94. The molecule has 0 radical (unpaired) electrons. The number of nitrogens with two attached hydrogens (primary N) is 1. The summed E-state index contributed by atoms with van der Waals surface area (Å²) >= 11 is 0. The van der Waals surface area contributed by atoms with E-state index in [1.165, 1.54) is 0 Å². The van der Waals surface area contributed by atoms with E-state index in [4.69, 9.17) is 10.8 Å². The van der Waals surface area contributed by atoms with Gasteiger partial charge in [0.15, 0.2) is 0 Å². The number of amides is 1. The Bertz CT molecular complexity index is 385. The normalized spacial score (nSPS) is 11.9. The Morgan fingerprint density at radius 1 is 1.38 bits per heavy atom. The number of carboxylic acid groups (broad SMARTS) is 1. The number of benzene rings is 1. The standard InChI is InChI=1S/C11H14N2O3/c1-7(12)11(16)13-9-4-2-8(3-5-9)6-10(14)15/h2-5,7H,6,12H2,1H3,(H,13,16)(H,14,15)/t7-/m1/s1. The van der Waals surface area contributed by atoms with Crippen molar-refractivity contribution in [3.05, 3.63) is 29.8 Å². The number of carbonyl (C=O) groups is 2. The number of carbonyl (C=O) groups excluding carboxylic acids is 1. The van der Waals surface area contributed by atoms with Crippen LogP contribution in [0.1, 0.15) is 12.5 Å². The van der Waals surface area contributed by atoms with Crippen molar-refractivity contribution in [2.75, 3.05) is 5.32 Å². The maximum Gasteiger partial charge on any atom is 0.307 e. The third-order valence-electron chi connectivity index (χ3n) is 1.99. The zero-order chi connectivity index (χ0) is 12.1. The number of anilines is 1. The second-order valence-electron chi connectivity index (χ2n) is 3.55. The Morgan fingerprint density at radius 3 is 2.38 bits per heavy atom. The zero-order valence-electron chi connectivity index (χ0n) is 8.93. The Kier molecular flexibility index (Phi) is 4.02. The van der Waals surface area contributed by atoms with E-state index in [-0.39, 0.29) is 12.3 Å². The summed E-state index contributed by atoms with van der Waals surface area (Å²) in [5.74, 6) is -1.15. The second-order valence-corrected chi connectivity index (χ2v) is 3.55. The molecule has 0 saturated heterocycles. The van der Waals surface area contributed by atoms with Crippen molar-refractivity contribution in [2.45, 2.75) is 19.4 Å². The average Bonchev–Trinajstić information content (AvgIpc) is 2.20. The van der Waals surface area contributed by atoms with Gasteiger partial charge in [0, 0.05) is 5.69 Å². The molecule has 0 aliphatic heterocycles. The molecule has 0 bridgehead atoms. The van der Waals surface area contributed by atoms with Gasteiger partial charge in [-0.2, -0.15) is 0 Å². The first-order valence-corrected chi connectivity index (χ1v) is 4.86. The van der Waals surface area contributed by atoms with Crippen LogP contribution in [0, 0.1) is 0 Å². The fourth-order valence-corrected chi connectivity index (χ4v) is 1.14. The van der Waals surface area contributed by atoms with Crippen LogP contribution in [0.2, 0.25) is 0 Å². The molecule has 5 nitrogen and oxygen atoms in total. The SMILES string of the molecule is C[C@@H](N)C(=O)Nc1ccc(CC(=O)O)cc1. The van der Waals surface area contributed by atoms with Crippen molar-refractivity contribution in [2.24, 2.45) is 5.73 Å². The molecule has 0 heterocycles. The largest absolute Gasteiger partial charge is 0.481 e. The lowest BCUT2D eigenvalue weighted by Gasteiger charge is -2.07. The van der Waals surface area contributed by atoms with E-state index in [2.05, 4.69) is 5.32 Å². The zero-order valence-corrected chi connectivity index (χ0v) is 8.93. The fraction of sp³-hybridized carbons (Fsp3) is 0.273. The number of carboxylic acids is 1. The predicted molar refractivity (Wildman–Crippen MR) is 60.1 cm³/mol. The van der Waals surface area contributed by atoms with Gasteiger partial charge in [0.1, 0.15) is 0 Å². The lowest BCUT2D eigenvalue weighted by Crippen LogP contribution is -2.32. The van der Waals surface area contributed by atoms with Crippen LogP contribution >= 0.6 is 0 Å². The molecule has 5 heteroatoms. The third kappa shape index (κ3) is 3.70. The van der Waals surface area contributed by atoms with Crippen LogP contribution in [0.25, 0.3) is 0 Å². The maximum absolute atomic E-state index is 11.2. The first kappa shape index (κ1) is 12.2. The Morgan fingerprint density at radius 2 is 1.94 bits per heavy atom. The summed E-state index contributed by atoms with van der Waals surface area (Å²) in [6.45, 7) is 1.59. The molecule has 4 N–H and O–H groups in total. The Hall–Kier alpha value is -1.88. The molecule has 0 aliphatic carbocycles. The maximum atomic E-state index is 11.2. The van der Waals surface area contributed by atoms with E-state index in [0.29, 0.717) is 11.3 Å². The lowest BCUT2D eigenvalue weighted by atomic mass is 10.1. The van der Waals surface area contributed by atoms with Crippen LogP contribution in [0.4, 0.5) is 5.69 Å². The van der Waals surface area contributed by atoms with E-state index in [0.717, 1.165) is 0 Å². The third-order valence-corrected chi connectivity index (χ3v) is 1.99. The van der Waals surface area contributed by atoms with E-state index in [1.807, 2.05) is 0 Å².